The van der Waals surface area contributed by atoms with Crippen LogP contribution in [0.1, 0.15) is 20.8 Å². The largest absolute Gasteiger partial charge is 0.494 e. The molecule has 5 nitrogen and oxygen atoms in total. The molecule has 114 valence electrons. The van der Waals surface area contributed by atoms with E-state index in [1.807, 2.05) is 39.0 Å². The summed E-state index contributed by atoms with van der Waals surface area (Å²) in [6.45, 7) is 6.95. The molecule has 2 N–H and O–H groups in total. The van der Waals surface area contributed by atoms with Gasteiger partial charge in [0, 0.05) is 13.6 Å². The molecule has 0 saturated heterocycles. The van der Waals surface area contributed by atoms with E-state index in [1.54, 1.807) is 18.4 Å². The fourth-order valence-electron chi connectivity index (χ4n) is 1.95. The second kappa shape index (κ2) is 6.30. The van der Waals surface area contributed by atoms with Gasteiger partial charge in [-0.2, -0.15) is 0 Å². The number of hydrogen-bond acceptors (Lipinski definition) is 5. The summed E-state index contributed by atoms with van der Waals surface area (Å²) in [4.78, 5) is 16.3. The van der Waals surface area contributed by atoms with Gasteiger partial charge in [-0.1, -0.05) is 11.3 Å². The third-order valence-corrected chi connectivity index (χ3v) is 4.17. The molecule has 0 saturated carbocycles. The first-order chi connectivity index (χ1) is 9.96. The molecule has 6 heteroatoms. The number of carbonyl (C=O) groups is 1. The molecule has 0 aliphatic carbocycles. The highest BCUT2D eigenvalue weighted by atomic mass is 32.1. The van der Waals surface area contributed by atoms with E-state index in [2.05, 4.69) is 15.6 Å². The number of nitrogens with zero attached hydrogens (tertiary/aromatic N) is 1. The lowest BCUT2D eigenvalue weighted by Gasteiger charge is -2.22. The molecule has 1 amide bonds. The highest BCUT2D eigenvalue weighted by Gasteiger charge is 2.26. The van der Waals surface area contributed by atoms with Gasteiger partial charge in [-0.3, -0.25) is 4.79 Å². The molecule has 0 spiro atoms. The highest BCUT2D eigenvalue weighted by Crippen LogP contribution is 2.30. The maximum absolute atomic E-state index is 11.8. The summed E-state index contributed by atoms with van der Waals surface area (Å²) in [6.07, 6.45) is 0. The number of fused-ring (bicyclic) bond motifs is 1. The van der Waals surface area contributed by atoms with E-state index in [9.17, 15) is 4.79 Å². The van der Waals surface area contributed by atoms with E-state index in [4.69, 9.17) is 4.74 Å². The zero-order valence-corrected chi connectivity index (χ0v) is 13.6. The van der Waals surface area contributed by atoms with E-state index >= 15 is 0 Å². The van der Waals surface area contributed by atoms with E-state index in [1.165, 1.54) is 0 Å². The van der Waals surface area contributed by atoms with Gasteiger partial charge in [-0.25, -0.2) is 4.98 Å². The first kappa shape index (κ1) is 15.6. The van der Waals surface area contributed by atoms with Gasteiger partial charge in [0.25, 0.3) is 0 Å². The van der Waals surface area contributed by atoms with Crippen molar-refractivity contribution in [3.63, 3.8) is 0 Å². The molecule has 1 aromatic heterocycles. The van der Waals surface area contributed by atoms with Crippen molar-refractivity contribution in [3.05, 3.63) is 18.2 Å². The number of nitrogens with one attached hydrogen (secondary N) is 2. The van der Waals surface area contributed by atoms with Crippen LogP contribution >= 0.6 is 11.3 Å². The van der Waals surface area contributed by atoms with Gasteiger partial charge >= 0.3 is 0 Å². The number of amides is 1. The fraction of sp³-hybridized carbons (Fsp3) is 0.467. The zero-order valence-electron chi connectivity index (χ0n) is 12.8. The Bertz CT molecular complexity index is 637. The zero-order chi connectivity index (χ0) is 15.5. The van der Waals surface area contributed by atoms with Crippen LogP contribution in [0, 0.1) is 5.41 Å². The third kappa shape index (κ3) is 3.64. The molecule has 1 heterocycles. The number of rotatable bonds is 6. The molecule has 0 aliphatic heterocycles. The van der Waals surface area contributed by atoms with E-state index < -0.39 is 5.41 Å². The smallest absolute Gasteiger partial charge is 0.227 e. The predicted molar refractivity (Wildman–Crippen MR) is 87.1 cm³/mol. The number of benzene rings is 1. The maximum atomic E-state index is 11.8. The molecule has 0 aliphatic rings. The van der Waals surface area contributed by atoms with Crippen LogP contribution in [0.4, 0.5) is 5.13 Å². The van der Waals surface area contributed by atoms with Crippen molar-refractivity contribution >= 4 is 32.6 Å². The molecular formula is C15H21N3O2S. The number of carbonyl (C=O) groups excluding carboxylic acids is 1. The van der Waals surface area contributed by atoms with Crippen molar-refractivity contribution in [3.8, 4) is 5.75 Å². The minimum Gasteiger partial charge on any atom is -0.494 e. The third-order valence-electron chi connectivity index (χ3n) is 3.19. The Morgan fingerprint density at radius 1 is 1.43 bits per heavy atom. The average Bonchev–Trinajstić information content (AvgIpc) is 2.87. The molecule has 0 fully saturated rings. The van der Waals surface area contributed by atoms with Crippen LogP contribution < -0.4 is 15.4 Å². The molecule has 0 atom stereocenters. The standard InChI is InChI=1S/C15H21N3O2S/c1-5-20-10-6-7-11-12(8-10)21-14(18-11)17-9-15(2,3)13(19)16-4/h6-8H,5,9H2,1-4H3,(H,16,19)(H,17,18). The van der Waals surface area contributed by atoms with E-state index in [-0.39, 0.29) is 5.91 Å². The Hall–Kier alpha value is -1.82. The van der Waals surface area contributed by atoms with Crippen LogP contribution in [0.5, 0.6) is 5.75 Å². The highest BCUT2D eigenvalue weighted by molar-refractivity contribution is 7.22. The Morgan fingerprint density at radius 3 is 2.86 bits per heavy atom. The summed E-state index contributed by atoms with van der Waals surface area (Å²) in [5, 5.41) is 6.74. The summed E-state index contributed by atoms with van der Waals surface area (Å²) in [5.41, 5.74) is 0.451. The lowest BCUT2D eigenvalue weighted by molar-refractivity contribution is -0.128. The fourth-order valence-corrected chi connectivity index (χ4v) is 2.84. The van der Waals surface area contributed by atoms with Gasteiger partial charge in [0.05, 0.1) is 22.2 Å². The lowest BCUT2D eigenvalue weighted by Crippen LogP contribution is -2.39. The number of thiazole rings is 1. The van der Waals surface area contributed by atoms with Crippen molar-refractivity contribution in [2.45, 2.75) is 20.8 Å². The molecule has 21 heavy (non-hydrogen) atoms. The van der Waals surface area contributed by atoms with Crippen LogP contribution in [-0.4, -0.2) is 31.1 Å². The lowest BCUT2D eigenvalue weighted by atomic mass is 9.92. The summed E-state index contributed by atoms with van der Waals surface area (Å²) in [6, 6.07) is 5.86. The van der Waals surface area contributed by atoms with Gasteiger partial charge in [0.15, 0.2) is 5.13 Å². The summed E-state index contributed by atoms with van der Waals surface area (Å²) in [5.74, 6) is 0.862. The minimum atomic E-state index is -0.483. The first-order valence-electron chi connectivity index (χ1n) is 6.95. The van der Waals surface area contributed by atoms with Crippen molar-refractivity contribution < 1.29 is 9.53 Å². The topological polar surface area (TPSA) is 63.2 Å². The Kier molecular flexibility index (Phi) is 4.67. The second-order valence-electron chi connectivity index (χ2n) is 5.40. The Morgan fingerprint density at radius 2 is 2.19 bits per heavy atom. The van der Waals surface area contributed by atoms with Crippen molar-refractivity contribution in [1.82, 2.24) is 10.3 Å². The first-order valence-corrected chi connectivity index (χ1v) is 7.77. The normalized spacial score (nSPS) is 11.4. The molecule has 2 rings (SSSR count). The van der Waals surface area contributed by atoms with Crippen molar-refractivity contribution in [2.75, 3.05) is 25.5 Å². The number of anilines is 1. The van der Waals surface area contributed by atoms with Crippen molar-refractivity contribution in [2.24, 2.45) is 5.41 Å². The number of aromatic nitrogens is 1. The predicted octanol–water partition coefficient (Wildman–Crippen LogP) is 2.88. The van der Waals surface area contributed by atoms with Crippen LogP contribution in [0.2, 0.25) is 0 Å². The van der Waals surface area contributed by atoms with Gasteiger partial charge < -0.3 is 15.4 Å². The summed E-state index contributed by atoms with van der Waals surface area (Å²) >= 11 is 1.56. The SMILES string of the molecule is CCOc1ccc2nc(NCC(C)(C)C(=O)NC)sc2c1. The molecule has 1 aromatic carbocycles. The molecule has 0 radical (unpaired) electrons. The quantitative estimate of drug-likeness (QED) is 0.861. The Labute approximate surface area is 128 Å². The molecular weight excluding hydrogens is 286 g/mol. The number of hydrogen-bond donors (Lipinski definition) is 2. The van der Waals surface area contributed by atoms with Gasteiger partial charge in [0.2, 0.25) is 5.91 Å². The van der Waals surface area contributed by atoms with Crippen LogP contribution in [-0.2, 0) is 4.79 Å². The molecule has 0 unspecified atom stereocenters. The number of ether oxygens (including phenoxy) is 1. The van der Waals surface area contributed by atoms with E-state index in [0.29, 0.717) is 13.2 Å². The molecule has 0 bridgehead atoms. The maximum Gasteiger partial charge on any atom is 0.227 e. The Balaban J connectivity index is 2.11. The second-order valence-corrected chi connectivity index (χ2v) is 6.43. The van der Waals surface area contributed by atoms with Crippen molar-refractivity contribution in [1.29, 1.82) is 0 Å². The van der Waals surface area contributed by atoms with Gasteiger partial charge in [-0.15, -0.1) is 0 Å². The van der Waals surface area contributed by atoms with Gasteiger partial charge in [-0.05, 0) is 39.0 Å². The summed E-state index contributed by atoms with van der Waals surface area (Å²) < 4.78 is 6.56. The average molecular weight is 307 g/mol. The van der Waals surface area contributed by atoms with Crippen LogP contribution in [0.15, 0.2) is 18.2 Å². The summed E-state index contributed by atoms with van der Waals surface area (Å²) in [7, 11) is 1.65. The minimum absolute atomic E-state index is 0.00902. The van der Waals surface area contributed by atoms with Crippen LogP contribution in [0.25, 0.3) is 10.2 Å². The molecule has 2 aromatic rings. The van der Waals surface area contributed by atoms with Crippen LogP contribution in [0.3, 0.4) is 0 Å². The van der Waals surface area contributed by atoms with E-state index in [0.717, 1.165) is 21.1 Å². The van der Waals surface area contributed by atoms with Gasteiger partial charge in [0.1, 0.15) is 5.75 Å². The monoisotopic (exact) mass is 307 g/mol.